The van der Waals surface area contributed by atoms with Crippen molar-refractivity contribution in [1.29, 1.82) is 5.26 Å². The van der Waals surface area contributed by atoms with E-state index >= 15 is 0 Å². The molecule has 0 fully saturated rings. The molecule has 1 aromatic heterocycles. The van der Waals surface area contributed by atoms with Crippen molar-refractivity contribution in [3.63, 3.8) is 0 Å². The Hall–Kier alpha value is -2.06. The highest BCUT2D eigenvalue weighted by molar-refractivity contribution is 6.17. The molecule has 0 saturated heterocycles. The largest absolute Gasteiger partial charge is 0.355 e. The minimum atomic E-state index is -0.428. The van der Waals surface area contributed by atoms with E-state index in [2.05, 4.69) is 16.4 Å². The number of carbonyl (C=O) groups is 1. The molecule has 6 heteroatoms. The van der Waals surface area contributed by atoms with Crippen LogP contribution in [0.15, 0.2) is 18.2 Å². The summed E-state index contributed by atoms with van der Waals surface area (Å²) < 4.78 is 1.79. The Labute approximate surface area is 122 Å². The highest BCUT2D eigenvalue weighted by Gasteiger charge is 2.21. The van der Waals surface area contributed by atoms with Gasteiger partial charge in [0.2, 0.25) is 5.91 Å². The first-order valence-corrected chi connectivity index (χ1v) is 6.91. The van der Waals surface area contributed by atoms with Crippen molar-refractivity contribution in [2.75, 3.05) is 6.54 Å². The first-order chi connectivity index (χ1) is 9.63. The molecule has 0 spiro atoms. The number of halogens is 1. The number of rotatable bonds is 4. The van der Waals surface area contributed by atoms with Crippen molar-refractivity contribution in [2.45, 2.75) is 25.8 Å². The second-order valence-electron chi connectivity index (χ2n) is 4.39. The summed E-state index contributed by atoms with van der Waals surface area (Å²) in [6.07, 6.45) is 0. The number of imidazole rings is 1. The second kappa shape index (κ2) is 5.93. The monoisotopic (exact) mass is 290 g/mol. The number of aromatic nitrogens is 2. The highest BCUT2D eigenvalue weighted by atomic mass is 35.5. The van der Waals surface area contributed by atoms with Crippen LogP contribution in [0.3, 0.4) is 0 Å². The lowest BCUT2D eigenvalue weighted by Gasteiger charge is -2.16. The van der Waals surface area contributed by atoms with Crippen LogP contribution in [0.1, 0.15) is 31.3 Å². The second-order valence-corrected chi connectivity index (χ2v) is 4.65. The van der Waals surface area contributed by atoms with Crippen molar-refractivity contribution in [3.05, 3.63) is 29.6 Å². The number of nitrogens with zero attached hydrogens (tertiary/aromatic N) is 3. The number of nitriles is 1. The average molecular weight is 291 g/mol. The van der Waals surface area contributed by atoms with Gasteiger partial charge < -0.3 is 9.88 Å². The van der Waals surface area contributed by atoms with Crippen molar-refractivity contribution in [3.8, 4) is 6.07 Å². The van der Waals surface area contributed by atoms with Crippen molar-refractivity contribution in [2.24, 2.45) is 0 Å². The molecule has 0 aliphatic heterocycles. The van der Waals surface area contributed by atoms with Crippen molar-refractivity contribution >= 4 is 28.5 Å². The van der Waals surface area contributed by atoms with Crippen LogP contribution in [0.4, 0.5) is 0 Å². The van der Waals surface area contributed by atoms with Crippen LogP contribution >= 0.6 is 11.6 Å². The number of likely N-dealkylation sites (N-methyl/N-ethyl adjacent to an activating group) is 1. The number of alkyl halides is 1. The minimum absolute atomic E-state index is 0.0967. The summed E-state index contributed by atoms with van der Waals surface area (Å²) in [4.78, 5) is 16.4. The topological polar surface area (TPSA) is 70.7 Å². The molecule has 5 nitrogen and oxygen atoms in total. The maximum Gasteiger partial charge on any atom is 0.242 e. The van der Waals surface area contributed by atoms with Gasteiger partial charge in [0.25, 0.3) is 0 Å². The molecule has 0 aliphatic carbocycles. The SMILES string of the molecule is CCNC(=O)C(C)n1c(CCl)nc2c(C#N)cccc21. The van der Waals surface area contributed by atoms with Gasteiger partial charge in [0.15, 0.2) is 0 Å². The summed E-state index contributed by atoms with van der Waals surface area (Å²) >= 11 is 5.93. The number of amides is 1. The predicted molar refractivity (Wildman–Crippen MR) is 77.4 cm³/mol. The van der Waals surface area contributed by atoms with Crippen LogP contribution in [-0.4, -0.2) is 22.0 Å². The summed E-state index contributed by atoms with van der Waals surface area (Å²) in [6.45, 7) is 4.23. The molecule has 1 amide bonds. The number of nitrogens with one attached hydrogen (secondary N) is 1. The zero-order valence-corrected chi connectivity index (χ0v) is 12.1. The Morgan fingerprint density at radius 3 is 2.95 bits per heavy atom. The van der Waals surface area contributed by atoms with Gasteiger partial charge in [-0.2, -0.15) is 5.26 Å². The van der Waals surface area contributed by atoms with Crippen LogP contribution in [0.5, 0.6) is 0 Å². The average Bonchev–Trinajstić information content (AvgIpc) is 2.84. The quantitative estimate of drug-likeness (QED) is 0.879. The van der Waals surface area contributed by atoms with Crippen LogP contribution < -0.4 is 5.32 Å². The lowest BCUT2D eigenvalue weighted by molar-refractivity contribution is -0.123. The number of benzene rings is 1. The van der Waals surface area contributed by atoms with Gasteiger partial charge >= 0.3 is 0 Å². The first kappa shape index (κ1) is 14.4. The predicted octanol–water partition coefficient (Wildman–Crippen LogP) is 2.34. The fourth-order valence-corrected chi connectivity index (χ4v) is 2.41. The molecule has 2 rings (SSSR count). The van der Waals surface area contributed by atoms with Crippen LogP contribution in [-0.2, 0) is 10.7 Å². The summed E-state index contributed by atoms with van der Waals surface area (Å²) in [5, 5.41) is 11.9. The van der Waals surface area contributed by atoms with Crippen molar-refractivity contribution < 1.29 is 4.79 Å². The van der Waals surface area contributed by atoms with E-state index < -0.39 is 6.04 Å². The van der Waals surface area contributed by atoms with E-state index in [1.165, 1.54) is 0 Å². The Morgan fingerprint density at radius 1 is 1.60 bits per heavy atom. The highest BCUT2D eigenvalue weighted by Crippen LogP contribution is 2.24. The molecule has 1 heterocycles. The fraction of sp³-hybridized carbons (Fsp3) is 0.357. The third-order valence-electron chi connectivity index (χ3n) is 3.15. The van der Waals surface area contributed by atoms with E-state index in [9.17, 15) is 4.79 Å². The normalized spacial score (nSPS) is 12.1. The number of hydrogen-bond donors (Lipinski definition) is 1. The third-order valence-corrected chi connectivity index (χ3v) is 3.39. The molecule has 1 aromatic carbocycles. The van der Waals surface area contributed by atoms with Crippen LogP contribution in [0, 0.1) is 11.3 Å². The molecule has 1 N–H and O–H groups in total. The standard InChI is InChI=1S/C14H15ClN4O/c1-3-17-14(20)9(2)19-11-6-4-5-10(8-16)13(11)18-12(19)7-15/h4-6,9H,3,7H2,1-2H3,(H,17,20). The lowest BCUT2D eigenvalue weighted by Crippen LogP contribution is -2.31. The number of para-hydroxylation sites is 1. The maximum absolute atomic E-state index is 12.0. The number of carbonyl (C=O) groups excluding carboxylic acids is 1. The smallest absolute Gasteiger partial charge is 0.242 e. The number of hydrogen-bond acceptors (Lipinski definition) is 3. The first-order valence-electron chi connectivity index (χ1n) is 6.37. The van der Waals surface area contributed by atoms with Gasteiger partial charge in [-0.25, -0.2) is 4.98 Å². The molecule has 104 valence electrons. The Balaban J connectivity index is 2.63. The maximum atomic E-state index is 12.0. The van der Waals surface area contributed by atoms with Gasteiger partial charge in [0, 0.05) is 6.54 Å². The molecule has 0 bridgehead atoms. The Kier molecular flexibility index (Phi) is 4.26. The molecule has 0 saturated carbocycles. The summed E-state index contributed by atoms with van der Waals surface area (Å²) in [7, 11) is 0. The third kappa shape index (κ3) is 2.35. The number of fused-ring (bicyclic) bond motifs is 1. The minimum Gasteiger partial charge on any atom is -0.355 e. The molecule has 0 aliphatic rings. The molecular formula is C14H15ClN4O. The molecule has 1 unspecified atom stereocenters. The van der Waals surface area contributed by atoms with Gasteiger partial charge in [-0.15, -0.1) is 11.6 Å². The molecular weight excluding hydrogens is 276 g/mol. The molecule has 1 atom stereocenters. The van der Waals surface area contributed by atoms with E-state index in [0.717, 1.165) is 5.52 Å². The molecule has 0 radical (unpaired) electrons. The van der Waals surface area contributed by atoms with Crippen LogP contribution in [0.2, 0.25) is 0 Å². The van der Waals surface area contributed by atoms with E-state index in [4.69, 9.17) is 16.9 Å². The summed E-state index contributed by atoms with van der Waals surface area (Å²) in [5.41, 5.74) is 1.82. The van der Waals surface area contributed by atoms with Gasteiger partial charge in [-0.05, 0) is 26.0 Å². The fourth-order valence-electron chi connectivity index (χ4n) is 2.22. The Bertz CT molecular complexity index is 686. The van der Waals surface area contributed by atoms with Crippen molar-refractivity contribution in [1.82, 2.24) is 14.9 Å². The Morgan fingerprint density at radius 2 is 2.35 bits per heavy atom. The van der Waals surface area contributed by atoms with Gasteiger partial charge in [-0.3, -0.25) is 4.79 Å². The van der Waals surface area contributed by atoms with E-state index in [-0.39, 0.29) is 11.8 Å². The van der Waals surface area contributed by atoms with Gasteiger partial charge in [0.1, 0.15) is 23.5 Å². The summed E-state index contributed by atoms with van der Waals surface area (Å²) in [6, 6.07) is 7.00. The van der Waals surface area contributed by atoms with Gasteiger partial charge in [0.05, 0.1) is 17.0 Å². The van der Waals surface area contributed by atoms with Crippen LogP contribution in [0.25, 0.3) is 11.0 Å². The zero-order valence-electron chi connectivity index (χ0n) is 11.4. The van der Waals surface area contributed by atoms with E-state index in [1.54, 1.807) is 23.6 Å². The summed E-state index contributed by atoms with van der Waals surface area (Å²) in [5.74, 6) is 0.673. The molecule has 2 aromatic rings. The van der Waals surface area contributed by atoms with E-state index in [1.807, 2.05) is 13.0 Å². The van der Waals surface area contributed by atoms with E-state index in [0.29, 0.717) is 23.4 Å². The molecule has 20 heavy (non-hydrogen) atoms. The zero-order chi connectivity index (χ0) is 14.7. The lowest BCUT2D eigenvalue weighted by atomic mass is 10.2. The van der Waals surface area contributed by atoms with Gasteiger partial charge in [-0.1, -0.05) is 6.07 Å².